The van der Waals surface area contributed by atoms with Crippen LogP contribution in [-0.2, 0) is 10.5 Å². The average Bonchev–Trinajstić information content (AvgIpc) is 3.19. The third-order valence-corrected chi connectivity index (χ3v) is 6.40. The number of anilines is 1. The van der Waals surface area contributed by atoms with Crippen LogP contribution in [0.4, 0.5) is 5.95 Å². The molecule has 12 heteroatoms. The molecule has 0 bridgehead atoms. The highest BCUT2D eigenvalue weighted by molar-refractivity contribution is 9.10. The fraction of sp³-hybridized carbons (Fsp3) is 0.353. The molecule has 0 unspecified atom stereocenters. The lowest BCUT2D eigenvalue weighted by Gasteiger charge is -2.19. The van der Waals surface area contributed by atoms with Gasteiger partial charge in [0, 0.05) is 10.2 Å². The second kappa shape index (κ2) is 8.05. The molecule has 1 aliphatic rings. The Bertz CT molecular complexity index is 1110. The van der Waals surface area contributed by atoms with E-state index in [1.807, 2.05) is 24.3 Å². The Morgan fingerprint density at radius 3 is 2.72 bits per heavy atom. The highest BCUT2D eigenvalue weighted by Crippen LogP contribution is 2.36. The van der Waals surface area contributed by atoms with Gasteiger partial charge in [-0.15, -0.1) is 0 Å². The first-order chi connectivity index (χ1) is 13.9. The van der Waals surface area contributed by atoms with Gasteiger partial charge in [-0.05, 0) is 11.6 Å². The molecule has 4 rings (SSSR count). The molecule has 6 N–H and O–H groups in total. The molecule has 0 amide bonds. The van der Waals surface area contributed by atoms with Crippen LogP contribution in [0.3, 0.4) is 0 Å². The Labute approximate surface area is 176 Å². The van der Waals surface area contributed by atoms with E-state index in [1.165, 1.54) is 16.3 Å². The van der Waals surface area contributed by atoms with Gasteiger partial charge in [0.1, 0.15) is 18.3 Å². The van der Waals surface area contributed by atoms with Crippen molar-refractivity contribution in [1.29, 1.82) is 0 Å². The average molecular weight is 484 g/mol. The predicted molar refractivity (Wildman–Crippen MR) is 109 cm³/mol. The fourth-order valence-corrected chi connectivity index (χ4v) is 4.80. The van der Waals surface area contributed by atoms with Crippen molar-refractivity contribution in [2.75, 3.05) is 12.3 Å². The number of halogens is 1. The van der Waals surface area contributed by atoms with Gasteiger partial charge in [-0.2, -0.15) is 4.98 Å². The van der Waals surface area contributed by atoms with Crippen molar-refractivity contribution in [3.63, 3.8) is 0 Å². The number of nitrogens with zero attached hydrogens (tertiary/aromatic N) is 3. The molecule has 10 nitrogen and oxygen atoms in total. The molecule has 154 valence electrons. The molecule has 1 aliphatic heterocycles. The van der Waals surface area contributed by atoms with E-state index in [9.17, 15) is 20.1 Å². The molecule has 0 aliphatic carbocycles. The van der Waals surface area contributed by atoms with Crippen molar-refractivity contribution < 1.29 is 20.1 Å². The summed E-state index contributed by atoms with van der Waals surface area (Å²) in [7, 11) is 0. The minimum absolute atomic E-state index is 0.0339. The van der Waals surface area contributed by atoms with Crippen LogP contribution < -0.4 is 11.3 Å². The van der Waals surface area contributed by atoms with Gasteiger partial charge < -0.3 is 25.8 Å². The van der Waals surface area contributed by atoms with E-state index < -0.39 is 36.7 Å². The van der Waals surface area contributed by atoms with Gasteiger partial charge in [0.05, 0.1) is 6.61 Å². The lowest BCUT2D eigenvalue weighted by Crippen LogP contribution is -2.33. The van der Waals surface area contributed by atoms with E-state index in [-0.39, 0.29) is 17.1 Å². The van der Waals surface area contributed by atoms with E-state index in [4.69, 9.17) is 10.5 Å². The zero-order valence-corrected chi connectivity index (χ0v) is 17.3. The molecule has 3 heterocycles. The lowest BCUT2D eigenvalue weighted by atomic mass is 10.1. The van der Waals surface area contributed by atoms with Crippen LogP contribution in [0, 0.1) is 0 Å². The fourth-order valence-electron chi connectivity index (χ4n) is 3.16. The number of H-pyrrole nitrogens is 1. The molecule has 1 fully saturated rings. The summed E-state index contributed by atoms with van der Waals surface area (Å²) in [5.41, 5.74) is 6.31. The Balaban J connectivity index is 1.79. The SMILES string of the molecule is Nc1nc2c(nc(SCc3ccccc3Br)n2[C@H]2O[C@@H](CO)[C@H](O)[C@@H]2O)c(=O)[nH]1. The van der Waals surface area contributed by atoms with Gasteiger partial charge in [0.25, 0.3) is 5.56 Å². The number of aromatic nitrogens is 4. The summed E-state index contributed by atoms with van der Waals surface area (Å²) in [6.45, 7) is -0.475. The first-order valence-electron chi connectivity index (χ1n) is 8.67. The number of rotatable bonds is 5. The molecule has 4 atom stereocenters. The Morgan fingerprint density at radius 2 is 2.03 bits per heavy atom. The number of nitrogens with two attached hydrogens (primary N) is 1. The van der Waals surface area contributed by atoms with Crippen LogP contribution in [-0.4, -0.2) is 59.8 Å². The lowest BCUT2D eigenvalue weighted by molar-refractivity contribution is -0.0548. The molecular weight excluding hydrogens is 466 g/mol. The van der Waals surface area contributed by atoms with Gasteiger partial charge in [-0.3, -0.25) is 14.3 Å². The number of nitrogens with one attached hydrogen (secondary N) is 1. The number of aliphatic hydroxyl groups is 3. The van der Waals surface area contributed by atoms with Gasteiger partial charge in [0.2, 0.25) is 5.95 Å². The first-order valence-corrected chi connectivity index (χ1v) is 10.4. The van der Waals surface area contributed by atoms with Gasteiger partial charge in [-0.25, -0.2) is 4.98 Å². The van der Waals surface area contributed by atoms with Gasteiger partial charge in [-0.1, -0.05) is 45.9 Å². The number of hydrogen-bond acceptors (Lipinski definition) is 9. The number of ether oxygens (including phenoxy) is 1. The van der Waals surface area contributed by atoms with Gasteiger partial charge in [0.15, 0.2) is 22.5 Å². The molecule has 2 aromatic heterocycles. The van der Waals surface area contributed by atoms with Crippen molar-refractivity contribution in [2.45, 2.75) is 35.4 Å². The number of aromatic amines is 1. The highest BCUT2D eigenvalue weighted by Gasteiger charge is 2.45. The number of aliphatic hydroxyl groups excluding tert-OH is 3. The molecule has 0 spiro atoms. The van der Waals surface area contributed by atoms with Crippen molar-refractivity contribution in [3.05, 3.63) is 44.7 Å². The zero-order chi connectivity index (χ0) is 20.7. The standard InChI is InChI=1S/C17H18BrN5O5S/c18-8-4-2-1-3-7(8)6-29-17-20-10-13(21-16(19)22-14(10)27)23(17)15-12(26)11(25)9(5-24)28-15/h1-4,9,11-12,15,24-26H,5-6H2,(H3,19,21,22,27)/t9-,11-,12-,15-/m0/s1. The number of benzene rings is 1. The van der Waals surface area contributed by atoms with Crippen LogP contribution in [0.15, 0.2) is 38.7 Å². The number of imidazole rings is 1. The van der Waals surface area contributed by atoms with E-state index in [0.29, 0.717) is 10.9 Å². The monoisotopic (exact) mass is 483 g/mol. The molecule has 3 aromatic rings. The molecule has 1 saturated heterocycles. The van der Waals surface area contributed by atoms with Crippen molar-refractivity contribution in [3.8, 4) is 0 Å². The summed E-state index contributed by atoms with van der Waals surface area (Å²) >= 11 is 4.80. The Hall–Kier alpha value is -1.96. The largest absolute Gasteiger partial charge is 0.394 e. The third-order valence-electron chi connectivity index (χ3n) is 4.62. The summed E-state index contributed by atoms with van der Waals surface area (Å²) in [6.07, 6.45) is -4.73. The summed E-state index contributed by atoms with van der Waals surface area (Å²) in [5.74, 6) is 0.394. The van der Waals surface area contributed by atoms with Crippen LogP contribution in [0.25, 0.3) is 11.2 Å². The normalized spacial score (nSPS) is 24.4. The number of thioether (sulfide) groups is 1. The maximum absolute atomic E-state index is 12.3. The second-order valence-corrected chi connectivity index (χ2v) is 8.29. The smallest absolute Gasteiger partial charge is 0.280 e. The van der Waals surface area contributed by atoms with E-state index in [0.717, 1.165) is 10.0 Å². The first kappa shape index (κ1) is 20.3. The Kier molecular flexibility index (Phi) is 5.64. The third kappa shape index (κ3) is 3.67. The molecule has 0 saturated carbocycles. The molecule has 1 aromatic carbocycles. The highest BCUT2D eigenvalue weighted by atomic mass is 79.9. The maximum Gasteiger partial charge on any atom is 0.280 e. The number of nitrogen functional groups attached to an aromatic ring is 1. The Morgan fingerprint density at radius 1 is 1.28 bits per heavy atom. The summed E-state index contributed by atoms with van der Waals surface area (Å²) < 4.78 is 8.00. The van der Waals surface area contributed by atoms with Crippen LogP contribution >= 0.6 is 27.7 Å². The summed E-state index contributed by atoms with van der Waals surface area (Å²) in [4.78, 5) is 23.2. The van der Waals surface area contributed by atoms with E-state index in [2.05, 4.69) is 30.9 Å². The molecule has 0 radical (unpaired) electrons. The topological polar surface area (TPSA) is 160 Å². The van der Waals surface area contributed by atoms with Gasteiger partial charge >= 0.3 is 0 Å². The van der Waals surface area contributed by atoms with Crippen molar-refractivity contribution >= 4 is 44.8 Å². The van der Waals surface area contributed by atoms with Crippen LogP contribution in [0.2, 0.25) is 0 Å². The summed E-state index contributed by atoms with van der Waals surface area (Å²) in [6, 6.07) is 7.67. The second-order valence-electron chi connectivity index (χ2n) is 6.50. The summed E-state index contributed by atoms with van der Waals surface area (Å²) in [5, 5.41) is 30.4. The minimum Gasteiger partial charge on any atom is -0.394 e. The zero-order valence-electron chi connectivity index (χ0n) is 14.9. The van der Waals surface area contributed by atoms with Crippen molar-refractivity contribution in [2.24, 2.45) is 0 Å². The van der Waals surface area contributed by atoms with Crippen LogP contribution in [0.1, 0.15) is 11.8 Å². The van der Waals surface area contributed by atoms with E-state index in [1.54, 1.807) is 0 Å². The van der Waals surface area contributed by atoms with Crippen molar-refractivity contribution in [1.82, 2.24) is 19.5 Å². The molecule has 29 heavy (non-hydrogen) atoms. The number of fused-ring (bicyclic) bond motifs is 1. The number of hydrogen-bond donors (Lipinski definition) is 5. The minimum atomic E-state index is -1.35. The quantitative estimate of drug-likeness (QED) is 0.323. The predicted octanol–water partition coefficient (Wildman–Crippen LogP) is 0.368. The maximum atomic E-state index is 12.3. The van der Waals surface area contributed by atoms with E-state index >= 15 is 0 Å². The van der Waals surface area contributed by atoms with Crippen LogP contribution in [0.5, 0.6) is 0 Å². The molecular formula is C17H18BrN5O5S.